The average Bonchev–Trinajstić information content (AvgIpc) is 2.48. The second kappa shape index (κ2) is 7.90. The minimum atomic E-state index is -0.362. The van der Waals surface area contributed by atoms with E-state index in [2.05, 4.69) is 21.2 Å². The van der Waals surface area contributed by atoms with E-state index in [4.69, 9.17) is 4.74 Å². The lowest BCUT2D eigenvalue weighted by atomic mass is 10.2. The average molecular weight is 352 g/mol. The number of carbonyl (C=O) groups is 1. The Hall–Kier alpha value is -1.72. The molecule has 0 heterocycles. The molecule has 0 bridgehead atoms. The number of halogens is 2. The minimum absolute atomic E-state index is 0.0311. The van der Waals surface area contributed by atoms with Crippen molar-refractivity contribution in [1.29, 1.82) is 0 Å². The van der Waals surface area contributed by atoms with Gasteiger partial charge in [0.15, 0.2) is 0 Å². The molecule has 0 saturated carbocycles. The van der Waals surface area contributed by atoms with E-state index >= 15 is 0 Å². The molecule has 0 atom stereocenters. The summed E-state index contributed by atoms with van der Waals surface area (Å²) in [6.07, 6.45) is 0.758. The number of anilines is 1. The van der Waals surface area contributed by atoms with E-state index in [1.54, 1.807) is 0 Å². The fourth-order valence-corrected chi connectivity index (χ4v) is 2.23. The summed E-state index contributed by atoms with van der Waals surface area (Å²) in [5.74, 6) is -0.630. The lowest BCUT2D eigenvalue weighted by Crippen LogP contribution is -2.19. The fourth-order valence-electron chi connectivity index (χ4n) is 1.78. The highest BCUT2D eigenvalue weighted by atomic mass is 79.9. The standard InChI is InChI=1S/C16H15BrFNO2/c17-14-10-13(18)6-7-15(14)19-16(20)11-21-9-8-12-4-2-1-3-5-12/h1-7,10H,8-9,11H2,(H,19,20). The van der Waals surface area contributed by atoms with Crippen LogP contribution in [-0.4, -0.2) is 19.1 Å². The van der Waals surface area contributed by atoms with Gasteiger partial charge in [0, 0.05) is 4.47 Å². The predicted molar refractivity (Wildman–Crippen MR) is 83.7 cm³/mol. The van der Waals surface area contributed by atoms with Gasteiger partial charge in [-0.1, -0.05) is 30.3 Å². The summed E-state index contributed by atoms with van der Waals surface area (Å²) in [6.45, 7) is 0.443. The number of hydrogen-bond donors (Lipinski definition) is 1. The van der Waals surface area contributed by atoms with Gasteiger partial charge in [-0.3, -0.25) is 4.79 Å². The highest BCUT2D eigenvalue weighted by Crippen LogP contribution is 2.22. The van der Waals surface area contributed by atoms with Crippen LogP contribution < -0.4 is 5.32 Å². The third-order valence-electron chi connectivity index (χ3n) is 2.82. The Labute approximate surface area is 131 Å². The van der Waals surface area contributed by atoms with E-state index in [0.717, 1.165) is 6.42 Å². The first kappa shape index (κ1) is 15.7. The Morgan fingerprint density at radius 3 is 2.67 bits per heavy atom. The van der Waals surface area contributed by atoms with Crippen LogP contribution >= 0.6 is 15.9 Å². The zero-order chi connectivity index (χ0) is 15.1. The molecule has 1 N–H and O–H groups in total. The Morgan fingerprint density at radius 2 is 1.95 bits per heavy atom. The quantitative estimate of drug-likeness (QED) is 0.804. The molecule has 3 nitrogen and oxygen atoms in total. The zero-order valence-corrected chi connectivity index (χ0v) is 12.9. The Balaban J connectivity index is 1.72. The molecule has 0 aromatic heterocycles. The molecule has 0 saturated heterocycles. The number of ether oxygens (including phenoxy) is 1. The summed E-state index contributed by atoms with van der Waals surface area (Å²) in [5, 5.41) is 2.66. The van der Waals surface area contributed by atoms with Gasteiger partial charge in [-0.25, -0.2) is 4.39 Å². The van der Waals surface area contributed by atoms with Gasteiger partial charge in [0.25, 0.3) is 0 Å². The van der Waals surface area contributed by atoms with Crippen LogP contribution in [0.2, 0.25) is 0 Å². The van der Waals surface area contributed by atoms with Crippen LogP contribution in [-0.2, 0) is 16.0 Å². The molecule has 0 radical (unpaired) electrons. The van der Waals surface area contributed by atoms with Crippen molar-refractivity contribution in [3.8, 4) is 0 Å². The van der Waals surface area contributed by atoms with Crippen molar-refractivity contribution in [2.24, 2.45) is 0 Å². The largest absolute Gasteiger partial charge is 0.371 e. The summed E-state index contributed by atoms with van der Waals surface area (Å²) < 4.78 is 18.8. The molecule has 21 heavy (non-hydrogen) atoms. The van der Waals surface area contributed by atoms with E-state index in [0.29, 0.717) is 16.8 Å². The first-order valence-corrected chi connectivity index (χ1v) is 7.31. The van der Waals surface area contributed by atoms with Crippen LogP contribution in [0.15, 0.2) is 53.0 Å². The molecule has 0 spiro atoms. The van der Waals surface area contributed by atoms with Crippen molar-refractivity contribution in [3.63, 3.8) is 0 Å². The molecule has 0 aliphatic heterocycles. The highest BCUT2D eigenvalue weighted by Gasteiger charge is 2.06. The molecule has 0 aliphatic rings. The SMILES string of the molecule is O=C(COCCc1ccccc1)Nc1ccc(F)cc1Br. The second-order valence-corrected chi connectivity index (χ2v) is 5.31. The molecular formula is C16H15BrFNO2. The Morgan fingerprint density at radius 1 is 1.19 bits per heavy atom. The zero-order valence-electron chi connectivity index (χ0n) is 11.3. The van der Waals surface area contributed by atoms with Crippen molar-refractivity contribution in [2.45, 2.75) is 6.42 Å². The van der Waals surface area contributed by atoms with Gasteiger partial charge in [0.1, 0.15) is 12.4 Å². The molecule has 0 aliphatic carbocycles. The number of nitrogens with one attached hydrogen (secondary N) is 1. The number of rotatable bonds is 6. The normalized spacial score (nSPS) is 10.4. The van der Waals surface area contributed by atoms with Crippen molar-refractivity contribution in [2.75, 3.05) is 18.5 Å². The first-order chi connectivity index (χ1) is 10.1. The number of carbonyl (C=O) groups excluding carboxylic acids is 1. The predicted octanol–water partition coefficient (Wildman–Crippen LogP) is 3.79. The third-order valence-corrected chi connectivity index (χ3v) is 3.47. The van der Waals surface area contributed by atoms with Gasteiger partial charge in [-0.2, -0.15) is 0 Å². The van der Waals surface area contributed by atoms with Crippen LogP contribution in [0.1, 0.15) is 5.56 Å². The molecule has 2 aromatic carbocycles. The minimum Gasteiger partial charge on any atom is -0.371 e. The molecule has 0 fully saturated rings. The maximum atomic E-state index is 12.9. The van der Waals surface area contributed by atoms with E-state index in [1.165, 1.54) is 23.8 Å². The number of benzene rings is 2. The summed E-state index contributed by atoms with van der Waals surface area (Å²) in [5.41, 5.74) is 1.69. The lowest BCUT2D eigenvalue weighted by Gasteiger charge is -2.08. The van der Waals surface area contributed by atoms with Crippen molar-refractivity contribution < 1.29 is 13.9 Å². The van der Waals surface area contributed by atoms with Crippen molar-refractivity contribution in [3.05, 3.63) is 64.4 Å². The van der Waals surface area contributed by atoms with Gasteiger partial charge in [-0.15, -0.1) is 0 Å². The molecule has 2 aromatic rings. The second-order valence-electron chi connectivity index (χ2n) is 4.46. The number of hydrogen-bond acceptors (Lipinski definition) is 2. The third kappa shape index (κ3) is 5.28. The first-order valence-electron chi connectivity index (χ1n) is 6.52. The Bertz CT molecular complexity index is 604. The Kier molecular flexibility index (Phi) is 5.90. The fraction of sp³-hybridized carbons (Fsp3) is 0.188. The van der Waals surface area contributed by atoms with Crippen LogP contribution in [0.3, 0.4) is 0 Å². The van der Waals surface area contributed by atoms with Gasteiger partial charge < -0.3 is 10.1 Å². The van der Waals surface area contributed by atoms with Crippen molar-refractivity contribution >= 4 is 27.5 Å². The molecule has 5 heteroatoms. The van der Waals surface area contributed by atoms with Crippen LogP contribution in [0.4, 0.5) is 10.1 Å². The van der Waals surface area contributed by atoms with Crippen molar-refractivity contribution in [1.82, 2.24) is 0 Å². The van der Waals surface area contributed by atoms with Gasteiger partial charge in [0.05, 0.1) is 12.3 Å². The summed E-state index contributed by atoms with van der Waals surface area (Å²) >= 11 is 3.19. The molecule has 1 amide bonds. The van der Waals surface area contributed by atoms with Crippen LogP contribution in [0.25, 0.3) is 0 Å². The lowest BCUT2D eigenvalue weighted by molar-refractivity contribution is -0.120. The topological polar surface area (TPSA) is 38.3 Å². The van der Waals surface area contributed by atoms with E-state index < -0.39 is 0 Å². The van der Waals surface area contributed by atoms with Gasteiger partial charge in [0.2, 0.25) is 5.91 Å². The van der Waals surface area contributed by atoms with E-state index in [9.17, 15) is 9.18 Å². The summed E-state index contributed by atoms with van der Waals surface area (Å²) in [7, 11) is 0. The summed E-state index contributed by atoms with van der Waals surface area (Å²) in [4.78, 5) is 11.7. The van der Waals surface area contributed by atoms with Crippen LogP contribution in [0, 0.1) is 5.82 Å². The molecule has 0 unspecified atom stereocenters. The van der Waals surface area contributed by atoms with Gasteiger partial charge >= 0.3 is 0 Å². The molecule has 2 rings (SSSR count). The maximum absolute atomic E-state index is 12.9. The van der Waals surface area contributed by atoms with E-state index in [1.807, 2.05) is 30.3 Å². The number of amides is 1. The van der Waals surface area contributed by atoms with Gasteiger partial charge in [-0.05, 0) is 46.1 Å². The molecular weight excluding hydrogens is 337 g/mol. The monoisotopic (exact) mass is 351 g/mol. The smallest absolute Gasteiger partial charge is 0.250 e. The summed E-state index contributed by atoms with van der Waals surface area (Å²) in [6, 6.07) is 14.0. The van der Waals surface area contributed by atoms with Crippen LogP contribution in [0.5, 0.6) is 0 Å². The van der Waals surface area contributed by atoms with E-state index in [-0.39, 0.29) is 18.3 Å². The maximum Gasteiger partial charge on any atom is 0.250 e. The highest BCUT2D eigenvalue weighted by molar-refractivity contribution is 9.10. The molecule has 110 valence electrons.